The van der Waals surface area contributed by atoms with Gasteiger partial charge in [0.2, 0.25) is 5.91 Å². The van der Waals surface area contributed by atoms with E-state index in [1.54, 1.807) is 0 Å². The molecule has 120 valence electrons. The third kappa shape index (κ3) is 4.56. The lowest BCUT2D eigenvalue weighted by molar-refractivity contribution is -0.142. The Morgan fingerprint density at radius 1 is 1.36 bits per heavy atom. The van der Waals surface area contributed by atoms with Gasteiger partial charge < -0.3 is 15.2 Å². The van der Waals surface area contributed by atoms with Crippen molar-refractivity contribution in [1.29, 1.82) is 0 Å². The highest BCUT2D eigenvalue weighted by molar-refractivity contribution is 5.83. The molecular formula is C17H23NO4. The molecule has 1 aliphatic carbocycles. The number of benzene rings is 1. The van der Waals surface area contributed by atoms with Crippen LogP contribution in [0.15, 0.2) is 24.3 Å². The van der Waals surface area contributed by atoms with E-state index in [2.05, 4.69) is 17.4 Å². The molecule has 1 aliphatic rings. The number of nitrogens with one attached hydrogen (secondary N) is 1. The number of carbonyl (C=O) groups excluding carboxylic acids is 1. The summed E-state index contributed by atoms with van der Waals surface area (Å²) >= 11 is 0. The van der Waals surface area contributed by atoms with Crippen LogP contribution in [0, 0.1) is 5.92 Å². The van der Waals surface area contributed by atoms with Gasteiger partial charge in [-0.05, 0) is 36.3 Å². The fraction of sp³-hybridized carbons (Fsp3) is 0.529. The Labute approximate surface area is 130 Å². The highest BCUT2D eigenvalue weighted by atomic mass is 16.5. The molecule has 2 N–H and O–H groups in total. The Bertz CT molecular complexity index is 529. The second-order valence-electron chi connectivity index (χ2n) is 5.82. The minimum atomic E-state index is -1.01. The zero-order valence-corrected chi connectivity index (χ0v) is 12.9. The van der Waals surface area contributed by atoms with Crippen molar-refractivity contribution in [1.82, 2.24) is 5.32 Å². The largest absolute Gasteiger partial charge is 0.480 e. The topological polar surface area (TPSA) is 75.6 Å². The lowest BCUT2D eigenvalue weighted by Gasteiger charge is -2.24. The minimum Gasteiger partial charge on any atom is -0.480 e. The Balaban J connectivity index is 1.86. The summed E-state index contributed by atoms with van der Waals surface area (Å²) in [6.07, 6.45) is 3.51. The number of fused-ring (bicyclic) bond motifs is 1. The monoisotopic (exact) mass is 305 g/mol. The zero-order valence-electron chi connectivity index (χ0n) is 12.9. The van der Waals surface area contributed by atoms with E-state index in [1.165, 1.54) is 18.2 Å². The van der Waals surface area contributed by atoms with E-state index in [0.717, 1.165) is 19.3 Å². The Morgan fingerprint density at radius 3 is 2.77 bits per heavy atom. The summed E-state index contributed by atoms with van der Waals surface area (Å²) in [6, 6.07) is 7.43. The maximum Gasteiger partial charge on any atom is 0.326 e. The number of hydrogen-bond donors (Lipinski definition) is 2. The molecule has 5 heteroatoms. The van der Waals surface area contributed by atoms with Crippen molar-refractivity contribution in [3.63, 3.8) is 0 Å². The van der Waals surface area contributed by atoms with Gasteiger partial charge in [0.25, 0.3) is 0 Å². The standard InChI is InChI=1S/C17H23NO4/c1-22-9-8-15(17(20)21)18-16(19)11-12-6-7-13-4-2-3-5-14(13)10-12/h2-5,12,15H,6-11H2,1H3,(H,18,19)(H,20,21). The fourth-order valence-electron chi connectivity index (χ4n) is 2.96. The number of carboxylic acid groups (broad SMARTS) is 1. The molecule has 1 aromatic rings. The number of carbonyl (C=O) groups is 2. The van der Waals surface area contributed by atoms with Crippen LogP contribution in [0.25, 0.3) is 0 Å². The number of rotatable bonds is 7. The number of ether oxygens (including phenoxy) is 1. The molecule has 0 bridgehead atoms. The van der Waals surface area contributed by atoms with Gasteiger partial charge in [-0.3, -0.25) is 4.79 Å². The van der Waals surface area contributed by atoms with Crippen molar-refractivity contribution in [2.75, 3.05) is 13.7 Å². The molecule has 0 aromatic heterocycles. The number of methoxy groups -OCH3 is 1. The lowest BCUT2D eigenvalue weighted by Crippen LogP contribution is -2.42. The average molecular weight is 305 g/mol. The quantitative estimate of drug-likeness (QED) is 0.805. The molecule has 2 unspecified atom stereocenters. The summed E-state index contributed by atoms with van der Waals surface area (Å²) in [4.78, 5) is 23.2. The van der Waals surface area contributed by atoms with E-state index in [0.29, 0.717) is 13.0 Å². The van der Waals surface area contributed by atoms with E-state index >= 15 is 0 Å². The average Bonchev–Trinajstić information content (AvgIpc) is 2.51. The summed E-state index contributed by atoms with van der Waals surface area (Å²) in [5.74, 6) is -0.918. The Kier molecular flexibility index (Phi) is 5.95. The van der Waals surface area contributed by atoms with E-state index < -0.39 is 12.0 Å². The zero-order chi connectivity index (χ0) is 15.9. The predicted octanol–water partition coefficient (Wildman–Crippen LogP) is 1.79. The van der Waals surface area contributed by atoms with Crippen molar-refractivity contribution in [3.8, 4) is 0 Å². The molecule has 0 heterocycles. The second-order valence-corrected chi connectivity index (χ2v) is 5.82. The maximum atomic E-state index is 12.1. The van der Waals surface area contributed by atoms with E-state index in [4.69, 9.17) is 9.84 Å². The van der Waals surface area contributed by atoms with E-state index in [9.17, 15) is 9.59 Å². The van der Waals surface area contributed by atoms with Gasteiger partial charge in [-0.25, -0.2) is 4.79 Å². The number of aliphatic carboxylic acids is 1. The van der Waals surface area contributed by atoms with Crippen LogP contribution in [0.3, 0.4) is 0 Å². The van der Waals surface area contributed by atoms with Gasteiger partial charge in [0, 0.05) is 26.6 Å². The lowest BCUT2D eigenvalue weighted by atomic mass is 9.82. The molecule has 1 aromatic carbocycles. The second kappa shape index (κ2) is 7.94. The van der Waals surface area contributed by atoms with Crippen molar-refractivity contribution in [2.24, 2.45) is 5.92 Å². The summed E-state index contributed by atoms with van der Waals surface area (Å²) in [7, 11) is 1.51. The minimum absolute atomic E-state index is 0.187. The molecule has 1 amide bonds. The smallest absolute Gasteiger partial charge is 0.326 e. The normalized spacial score (nSPS) is 18.3. The molecule has 0 saturated heterocycles. The fourth-order valence-corrected chi connectivity index (χ4v) is 2.96. The van der Waals surface area contributed by atoms with E-state index in [1.807, 2.05) is 12.1 Å². The number of aryl methyl sites for hydroxylation is 1. The van der Waals surface area contributed by atoms with Gasteiger partial charge in [0.15, 0.2) is 0 Å². The predicted molar refractivity (Wildman–Crippen MR) is 82.6 cm³/mol. The first-order valence-electron chi connectivity index (χ1n) is 7.68. The van der Waals surface area contributed by atoms with Crippen molar-refractivity contribution < 1.29 is 19.4 Å². The molecule has 0 saturated carbocycles. The van der Waals surface area contributed by atoms with E-state index in [-0.39, 0.29) is 18.2 Å². The summed E-state index contributed by atoms with van der Waals surface area (Å²) in [5.41, 5.74) is 2.67. The van der Waals surface area contributed by atoms with Crippen molar-refractivity contribution in [3.05, 3.63) is 35.4 Å². The van der Waals surface area contributed by atoms with Gasteiger partial charge in [-0.15, -0.1) is 0 Å². The van der Waals surface area contributed by atoms with Gasteiger partial charge in [-0.2, -0.15) is 0 Å². The first-order valence-corrected chi connectivity index (χ1v) is 7.68. The summed E-state index contributed by atoms with van der Waals surface area (Å²) in [5, 5.41) is 11.7. The molecular weight excluding hydrogens is 282 g/mol. The molecule has 0 fully saturated rings. The van der Waals surface area contributed by atoms with Crippen LogP contribution in [-0.2, 0) is 27.2 Å². The Hall–Kier alpha value is -1.88. The number of carboxylic acids is 1. The van der Waals surface area contributed by atoms with Gasteiger partial charge in [-0.1, -0.05) is 24.3 Å². The highest BCUT2D eigenvalue weighted by Gasteiger charge is 2.24. The molecule has 0 radical (unpaired) electrons. The van der Waals surface area contributed by atoms with Gasteiger partial charge in [0.1, 0.15) is 6.04 Å². The van der Waals surface area contributed by atoms with Crippen LogP contribution in [0.5, 0.6) is 0 Å². The molecule has 2 rings (SSSR count). The van der Waals surface area contributed by atoms with Crippen LogP contribution < -0.4 is 5.32 Å². The van der Waals surface area contributed by atoms with Crippen LogP contribution >= 0.6 is 0 Å². The molecule has 22 heavy (non-hydrogen) atoms. The van der Waals surface area contributed by atoms with Gasteiger partial charge in [0.05, 0.1) is 0 Å². The molecule has 2 atom stereocenters. The van der Waals surface area contributed by atoms with Crippen LogP contribution in [-0.4, -0.2) is 36.7 Å². The third-order valence-corrected chi connectivity index (χ3v) is 4.17. The summed E-state index contributed by atoms with van der Waals surface area (Å²) < 4.78 is 4.88. The first-order chi connectivity index (χ1) is 10.6. The van der Waals surface area contributed by atoms with Crippen LogP contribution in [0.2, 0.25) is 0 Å². The number of amides is 1. The van der Waals surface area contributed by atoms with Gasteiger partial charge >= 0.3 is 5.97 Å². The first kappa shape index (κ1) is 16.5. The summed E-state index contributed by atoms with van der Waals surface area (Å²) in [6.45, 7) is 0.314. The Morgan fingerprint density at radius 2 is 2.09 bits per heavy atom. The number of hydrogen-bond acceptors (Lipinski definition) is 3. The van der Waals surface area contributed by atoms with Crippen molar-refractivity contribution in [2.45, 2.75) is 38.1 Å². The molecule has 0 spiro atoms. The van der Waals surface area contributed by atoms with Crippen LogP contribution in [0.1, 0.15) is 30.4 Å². The highest BCUT2D eigenvalue weighted by Crippen LogP contribution is 2.27. The third-order valence-electron chi connectivity index (χ3n) is 4.17. The SMILES string of the molecule is COCCC(NC(=O)CC1CCc2ccccc2C1)C(=O)O. The maximum absolute atomic E-state index is 12.1. The van der Waals surface area contributed by atoms with Crippen LogP contribution in [0.4, 0.5) is 0 Å². The van der Waals surface area contributed by atoms with Crippen molar-refractivity contribution >= 4 is 11.9 Å². The molecule has 5 nitrogen and oxygen atoms in total. The molecule has 0 aliphatic heterocycles.